The molecule has 2 aromatic carbocycles. The molecule has 160 valence electrons. The molecule has 2 N–H and O–H groups in total. The number of anilines is 1. The Morgan fingerprint density at radius 1 is 1.23 bits per heavy atom. The maximum absolute atomic E-state index is 13.4. The van der Waals surface area contributed by atoms with Crippen LogP contribution < -0.4 is 20.1 Å². The first-order chi connectivity index (χ1) is 14.4. The number of rotatable bonds is 9. The standard InChI is InChI=1S/C22H27N3O4S/c1-24(2)11-6-12-29-18-10-9-15(28-3)13-16(18)21-22(27)25(14-20(23)26)17-7-4-5-8-19(17)30-21/h4-5,7-10,13,21H,6,11-12,14H2,1-3H3,(H2,23,26). The molecule has 0 bridgehead atoms. The number of primary amides is 1. The molecule has 0 saturated heterocycles. The first kappa shape index (κ1) is 22.0. The number of hydrogen-bond acceptors (Lipinski definition) is 6. The summed E-state index contributed by atoms with van der Waals surface area (Å²) in [5.41, 5.74) is 6.83. The van der Waals surface area contributed by atoms with Crippen molar-refractivity contribution in [3.05, 3.63) is 48.0 Å². The highest BCUT2D eigenvalue weighted by Crippen LogP contribution is 2.49. The van der Waals surface area contributed by atoms with Gasteiger partial charge in [0.2, 0.25) is 11.8 Å². The van der Waals surface area contributed by atoms with Gasteiger partial charge < -0.3 is 25.0 Å². The van der Waals surface area contributed by atoms with Crippen LogP contribution in [0, 0.1) is 0 Å². The van der Waals surface area contributed by atoms with Crippen molar-refractivity contribution in [2.75, 3.05) is 45.8 Å². The molecule has 0 aromatic heterocycles. The maximum Gasteiger partial charge on any atom is 0.245 e. The number of benzene rings is 2. The van der Waals surface area contributed by atoms with Crippen LogP contribution in [0.5, 0.6) is 11.5 Å². The quantitative estimate of drug-likeness (QED) is 0.617. The average molecular weight is 430 g/mol. The Bertz CT molecular complexity index is 919. The molecule has 2 amide bonds. The number of ether oxygens (including phenoxy) is 2. The number of methoxy groups -OCH3 is 1. The summed E-state index contributed by atoms with van der Waals surface area (Å²) in [6, 6.07) is 13.0. The van der Waals surface area contributed by atoms with Crippen LogP contribution in [-0.2, 0) is 9.59 Å². The third-order valence-corrected chi connectivity index (χ3v) is 6.00. The molecule has 3 rings (SSSR count). The normalized spacial score (nSPS) is 15.8. The molecule has 1 aliphatic rings. The van der Waals surface area contributed by atoms with Crippen molar-refractivity contribution < 1.29 is 19.1 Å². The van der Waals surface area contributed by atoms with Crippen LogP contribution in [0.2, 0.25) is 0 Å². The van der Waals surface area contributed by atoms with Gasteiger partial charge in [-0.3, -0.25) is 9.59 Å². The molecule has 2 aromatic rings. The van der Waals surface area contributed by atoms with Gasteiger partial charge in [0.1, 0.15) is 23.3 Å². The van der Waals surface area contributed by atoms with E-state index in [-0.39, 0.29) is 12.5 Å². The Morgan fingerprint density at radius 3 is 2.70 bits per heavy atom. The number of nitrogens with two attached hydrogens (primary N) is 1. The number of para-hydroxylation sites is 1. The predicted molar refractivity (Wildman–Crippen MR) is 118 cm³/mol. The van der Waals surface area contributed by atoms with Crippen molar-refractivity contribution in [3.8, 4) is 11.5 Å². The van der Waals surface area contributed by atoms with E-state index in [1.807, 2.05) is 56.6 Å². The molecule has 0 spiro atoms. The molecule has 0 saturated carbocycles. The fourth-order valence-corrected chi connectivity index (χ4v) is 4.53. The summed E-state index contributed by atoms with van der Waals surface area (Å²) in [4.78, 5) is 29.5. The van der Waals surface area contributed by atoms with Crippen LogP contribution in [0.3, 0.4) is 0 Å². The molecule has 1 heterocycles. The van der Waals surface area contributed by atoms with Gasteiger partial charge in [-0.1, -0.05) is 12.1 Å². The number of nitrogens with zero attached hydrogens (tertiary/aromatic N) is 2. The van der Waals surface area contributed by atoms with Crippen molar-refractivity contribution in [3.63, 3.8) is 0 Å². The zero-order valence-corrected chi connectivity index (χ0v) is 18.3. The predicted octanol–water partition coefficient (Wildman–Crippen LogP) is 2.69. The lowest BCUT2D eigenvalue weighted by Gasteiger charge is -2.33. The van der Waals surface area contributed by atoms with E-state index in [9.17, 15) is 9.59 Å². The van der Waals surface area contributed by atoms with Gasteiger partial charge in [0.05, 0.1) is 19.4 Å². The van der Waals surface area contributed by atoms with E-state index in [0.717, 1.165) is 23.4 Å². The molecule has 7 nitrogen and oxygen atoms in total. The monoisotopic (exact) mass is 429 g/mol. The van der Waals surface area contributed by atoms with Gasteiger partial charge >= 0.3 is 0 Å². The lowest BCUT2D eigenvalue weighted by molar-refractivity contribution is -0.122. The van der Waals surface area contributed by atoms with Crippen LogP contribution >= 0.6 is 11.8 Å². The molecule has 0 radical (unpaired) electrons. The van der Waals surface area contributed by atoms with E-state index in [1.54, 1.807) is 7.11 Å². The van der Waals surface area contributed by atoms with Gasteiger partial charge in [0.15, 0.2) is 0 Å². The van der Waals surface area contributed by atoms with Gasteiger partial charge in [-0.2, -0.15) is 0 Å². The summed E-state index contributed by atoms with van der Waals surface area (Å²) in [6.45, 7) is 1.27. The number of hydrogen-bond donors (Lipinski definition) is 1. The van der Waals surface area contributed by atoms with Gasteiger partial charge in [-0.15, -0.1) is 11.8 Å². The van der Waals surface area contributed by atoms with Gasteiger partial charge in [0, 0.05) is 17.0 Å². The summed E-state index contributed by atoms with van der Waals surface area (Å²) in [5, 5.41) is -0.571. The summed E-state index contributed by atoms with van der Waals surface area (Å²) < 4.78 is 11.4. The van der Waals surface area contributed by atoms with Gasteiger partial charge in [-0.05, 0) is 50.8 Å². The van der Waals surface area contributed by atoms with Crippen LogP contribution in [0.25, 0.3) is 0 Å². The second-order valence-electron chi connectivity index (χ2n) is 7.27. The zero-order chi connectivity index (χ0) is 21.7. The lowest BCUT2D eigenvalue weighted by atomic mass is 10.1. The maximum atomic E-state index is 13.4. The highest BCUT2D eigenvalue weighted by molar-refractivity contribution is 8.00. The Hall–Kier alpha value is -2.71. The van der Waals surface area contributed by atoms with Gasteiger partial charge in [0.25, 0.3) is 0 Å². The smallest absolute Gasteiger partial charge is 0.245 e. The molecule has 0 aliphatic carbocycles. The minimum atomic E-state index is -0.571. The molecule has 8 heteroatoms. The molecule has 1 unspecified atom stereocenters. The van der Waals surface area contributed by atoms with Crippen molar-refractivity contribution in [2.45, 2.75) is 16.6 Å². The fourth-order valence-electron chi connectivity index (χ4n) is 3.29. The Labute approximate surface area is 181 Å². The summed E-state index contributed by atoms with van der Waals surface area (Å²) >= 11 is 1.44. The van der Waals surface area contributed by atoms with E-state index < -0.39 is 11.2 Å². The van der Waals surface area contributed by atoms with Crippen LogP contribution in [0.4, 0.5) is 5.69 Å². The third kappa shape index (κ3) is 5.06. The van der Waals surface area contributed by atoms with E-state index in [2.05, 4.69) is 4.90 Å². The van der Waals surface area contributed by atoms with Crippen LogP contribution in [0.1, 0.15) is 17.2 Å². The minimum Gasteiger partial charge on any atom is -0.497 e. The third-order valence-electron chi connectivity index (χ3n) is 4.71. The number of amides is 2. The van der Waals surface area contributed by atoms with Crippen LogP contribution in [-0.4, -0.2) is 57.6 Å². The Kier molecular flexibility index (Phi) is 7.23. The molecule has 30 heavy (non-hydrogen) atoms. The molecule has 1 aliphatic heterocycles. The first-order valence-electron chi connectivity index (χ1n) is 9.71. The lowest BCUT2D eigenvalue weighted by Crippen LogP contribution is -2.42. The average Bonchev–Trinajstić information content (AvgIpc) is 2.72. The van der Waals surface area contributed by atoms with Crippen molar-refractivity contribution in [2.24, 2.45) is 5.73 Å². The number of carbonyl (C=O) groups is 2. The van der Waals surface area contributed by atoms with Crippen molar-refractivity contribution in [1.29, 1.82) is 0 Å². The number of thioether (sulfide) groups is 1. The highest BCUT2D eigenvalue weighted by Gasteiger charge is 2.37. The molecule has 0 fully saturated rings. The zero-order valence-electron chi connectivity index (χ0n) is 17.5. The molecule has 1 atom stereocenters. The first-order valence-corrected chi connectivity index (χ1v) is 10.6. The second-order valence-corrected chi connectivity index (χ2v) is 8.41. The largest absolute Gasteiger partial charge is 0.497 e. The minimum absolute atomic E-state index is 0.171. The summed E-state index contributed by atoms with van der Waals surface area (Å²) in [6.07, 6.45) is 0.862. The fraction of sp³-hybridized carbons (Fsp3) is 0.364. The summed E-state index contributed by atoms with van der Waals surface area (Å²) in [7, 11) is 5.61. The van der Waals surface area contributed by atoms with Crippen molar-refractivity contribution >= 4 is 29.3 Å². The van der Waals surface area contributed by atoms with E-state index >= 15 is 0 Å². The number of carbonyl (C=O) groups excluding carboxylic acids is 2. The van der Waals surface area contributed by atoms with E-state index in [0.29, 0.717) is 23.8 Å². The highest BCUT2D eigenvalue weighted by atomic mass is 32.2. The Morgan fingerprint density at radius 2 is 2.00 bits per heavy atom. The van der Waals surface area contributed by atoms with E-state index in [1.165, 1.54) is 16.7 Å². The molecular weight excluding hydrogens is 402 g/mol. The van der Waals surface area contributed by atoms with Crippen LogP contribution in [0.15, 0.2) is 47.4 Å². The van der Waals surface area contributed by atoms with Crippen molar-refractivity contribution in [1.82, 2.24) is 4.90 Å². The number of fused-ring (bicyclic) bond motifs is 1. The SMILES string of the molecule is COc1ccc(OCCCN(C)C)c(C2Sc3ccccc3N(CC(N)=O)C2=O)c1. The second kappa shape index (κ2) is 9.86. The van der Waals surface area contributed by atoms with Gasteiger partial charge in [-0.25, -0.2) is 0 Å². The Balaban J connectivity index is 1.94. The van der Waals surface area contributed by atoms with E-state index in [4.69, 9.17) is 15.2 Å². The molecular formula is C22H27N3O4S. The topological polar surface area (TPSA) is 85.1 Å². The summed E-state index contributed by atoms with van der Waals surface area (Å²) in [5.74, 6) is 0.511.